The molecule has 4 amide bonds. The molecule has 0 spiro atoms. The minimum atomic E-state index is -4.58. The van der Waals surface area contributed by atoms with E-state index in [1.807, 2.05) is 58.0 Å². The smallest absolute Gasteiger partial charge is 0.406 e. The van der Waals surface area contributed by atoms with Gasteiger partial charge in [0.1, 0.15) is 30.8 Å². The number of hydrazine groups is 1. The molecule has 2 aromatic heterocycles. The number of likely N-dealkylation sites (tertiary alicyclic amines) is 1. The zero-order chi connectivity index (χ0) is 49.4. The molecule has 17 heteroatoms. The molecule has 69 heavy (non-hydrogen) atoms. The number of benzene rings is 2. The minimum Gasteiger partial charge on any atom is -0.464 e. The van der Waals surface area contributed by atoms with Crippen molar-refractivity contribution in [3.63, 3.8) is 0 Å². The van der Waals surface area contributed by atoms with E-state index in [9.17, 15) is 37.1 Å². The first-order valence-electron chi connectivity index (χ1n) is 23.9. The van der Waals surface area contributed by atoms with Gasteiger partial charge in [0.15, 0.2) is 0 Å². The molecule has 4 aliphatic rings. The third-order valence-electron chi connectivity index (χ3n) is 13.8. The molecule has 0 unspecified atom stereocenters. The topological polar surface area (TPSA) is 155 Å². The molecule has 0 saturated carbocycles. The molecule has 3 saturated heterocycles. The molecule has 8 rings (SSSR count). The molecule has 4 aliphatic heterocycles. The van der Waals surface area contributed by atoms with E-state index < -0.39 is 60.0 Å². The summed E-state index contributed by atoms with van der Waals surface area (Å²) in [7, 11) is 1.56. The molecule has 0 radical (unpaired) electrons. The molecule has 4 aromatic rings. The van der Waals surface area contributed by atoms with Crippen LogP contribution in [0.3, 0.4) is 0 Å². The van der Waals surface area contributed by atoms with E-state index >= 15 is 0 Å². The monoisotopic (exact) mass is 953 g/mol. The Morgan fingerprint density at radius 3 is 2.54 bits per heavy atom. The lowest BCUT2D eigenvalue weighted by atomic mass is 9.84. The predicted octanol–water partition coefficient (Wildman–Crippen LogP) is 6.95. The molecule has 6 bridgehead atoms. The fourth-order valence-electron chi connectivity index (χ4n) is 10.5. The third kappa shape index (κ3) is 10.7. The number of nitrogens with one attached hydrogen (secondary N) is 2. The molecule has 0 aliphatic carbocycles. The Kier molecular flexibility index (Phi) is 14.4. The number of likely N-dealkylation sites (N-methyl/N-ethyl adjacent to an activating group) is 1. The standard InChI is InChI=1S/C52H62F3N7O7/c1-7-43(63)60-22-19-35(28-60)48(65)59(6)45(31(2)3)47(64)57-40-25-32-12-8-13-33(24-32)34-17-18-41-37(26-34)38(27-51(4,5)30-69-50(67)39-15-10-21-62(58-39)49(40)66)46(61(41)29-52(53,54)55)36-14-9-20-56-44(36)42-16-11-23-68-42/h7-9,12-14,17-18,20,24,26,31,35,39-40,42,45,58H,1,10-11,15-16,19,21-23,25,27-30H2,2-6H3,(H,57,64)/t35-,39-,40-,42-,45-/m0/s1. The average molecular weight is 954 g/mol. The number of alkyl halides is 3. The summed E-state index contributed by atoms with van der Waals surface area (Å²) >= 11 is 0. The van der Waals surface area contributed by atoms with Crippen LogP contribution < -0.4 is 10.7 Å². The number of amides is 4. The number of esters is 1. The van der Waals surface area contributed by atoms with Gasteiger partial charge in [-0.15, -0.1) is 0 Å². The van der Waals surface area contributed by atoms with Crippen molar-refractivity contribution in [1.29, 1.82) is 0 Å². The highest BCUT2D eigenvalue weighted by atomic mass is 19.4. The Balaban J connectivity index is 1.21. The summed E-state index contributed by atoms with van der Waals surface area (Å²) in [5.41, 5.74) is 6.92. The number of carbonyl (C=O) groups is 5. The van der Waals surface area contributed by atoms with Gasteiger partial charge in [0, 0.05) is 67.8 Å². The Bertz CT molecular complexity index is 2620. The van der Waals surface area contributed by atoms with Crippen LogP contribution in [0, 0.1) is 17.3 Å². The molecule has 2 aromatic carbocycles. The van der Waals surface area contributed by atoms with Gasteiger partial charge in [-0.1, -0.05) is 64.6 Å². The van der Waals surface area contributed by atoms with Crippen LogP contribution >= 0.6 is 0 Å². The first kappa shape index (κ1) is 49.4. The summed E-state index contributed by atoms with van der Waals surface area (Å²) in [5, 5.41) is 4.94. The molecule has 3 fully saturated rings. The van der Waals surface area contributed by atoms with Crippen molar-refractivity contribution in [2.75, 3.05) is 39.9 Å². The number of halogens is 3. The lowest BCUT2D eigenvalue weighted by Gasteiger charge is -2.37. The minimum absolute atomic E-state index is 0.0241. The van der Waals surface area contributed by atoms with E-state index in [0.717, 1.165) is 12.0 Å². The van der Waals surface area contributed by atoms with Gasteiger partial charge < -0.3 is 29.2 Å². The Hall–Kier alpha value is -6.07. The van der Waals surface area contributed by atoms with E-state index in [2.05, 4.69) is 17.3 Å². The van der Waals surface area contributed by atoms with Crippen LogP contribution in [-0.2, 0) is 52.8 Å². The van der Waals surface area contributed by atoms with E-state index in [0.29, 0.717) is 83.4 Å². The van der Waals surface area contributed by atoms with E-state index in [-0.39, 0.29) is 56.4 Å². The van der Waals surface area contributed by atoms with Crippen LogP contribution in [0.2, 0.25) is 0 Å². The Morgan fingerprint density at radius 2 is 1.81 bits per heavy atom. The van der Waals surface area contributed by atoms with Crippen molar-refractivity contribution >= 4 is 40.5 Å². The van der Waals surface area contributed by atoms with Crippen LogP contribution in [0.1, 0.15) is 82.7 Å². The SMILES string of the molecule is C=CC(=O)N1CC[C@H](C(=O)N(C)[C@H](C(=O)N[C@H]2Cc3cccc(c3)-c3ccc4c(c3)c(c(-c3cccnc3[C@@H]3CCCO3)n4CC(F)(F)F)CC(C)(C)COC(=O)[C@@H]3CCCN(N3)C2=O)C(C)C)C1. The first-order valence-corrected chi connectivity index (χ1v) is 23.9. The van der Waals surface area contributed by atoms with Crippen molar-refractivity contribution in [2.24, 2.45) is 17.3 Å². The lowest BCUT2D eigenvalue weighted by molar-refractivity contribution is -0.155. The lowest BCUT2D eigenvalue weighted by Crippen LogP contribution is -2.62. The van der Waals surface area contributed by atoms with Crippen LogP contribution in [0.25, 0.3) is 33.3 Å². The third-order valence-corrected chi connectivity index (χ3v) is 13.8. The summed E-state index contributed by atoms with van der Waals surface area (Å²) in [6.45, 7) is 11.0. The number of rotatable bonds is 9. The number of cyclic esters (lactones) is 1. The van der Waals surface area contributed by atoms with Crippen LogP contribution in [-0.4, -0.2) is 118 Å². The number of fused-ring (bicyclic) bond motifs is 6. The number of carbonyl (C=O) groups excluding carboxylic acids is 5. The molecular weight excluding hydrogens is 892 g/mol. The van der Waals surface area contributed by atoms with Crippen molar-refractivity contribution in [3.8, 4) is 22.4 Å². The number of ether oxygens (including phenoxy) is 2. The summed E-state index contributed by atoms with van der Waals surface area (Å²) in [6.07, 6.45) is 0.867. The predicted molar refractivity (Wildman–Crippen MR) is 253 cm³/mol. The Morgan fingerprint density at radius 1 is 1.03 bits per heavy atom. The summed E-state index contributed by atoms with van der Waals surface area (Å²) in [5.74, 6) is -3.07. The van der Waals surface area contributed by atoms with Crippen molar-refractivity contribution < 1.29 is 46.6 Å². The highest BCUT2D eigenvalue weighted by Crippen LogP contribution is 2.44. The number of nitrogens with zero attached hydrogens (tertiary/aromatic N) is 5. The van der Waals surface area contributed by atoms with Gasteiger partial charge in [-0.3, -0.25) is 34.0 Å². The van der Waals surface area contributed by atoms with Crippen LogP contribution in [0.4, 0.5) is 13.2 Å². The first-order chi connectivity index (χ1) is 32.8. The average Bonchev–Trinajstić information content (AvgIpc) is 4.10. The second kappa shape index (κ2) is 20.1. The number of hydrogen-bond donors (Lipinski definition) is 2. The molecule has 6 heterocycles. The number of hydrogen-bond acceptors (Lipinski definition) is 9. The van der Waals surface area contributed by atoms with Gasteiger partial charge in [-0.2, -0.15) is 13.2 Å². The van der Waals surface area contributed by atoms with Crippen LogP contribution in [0.5, 0.6) is 0 Å². The molecule has 5 atom stereocenters. The fraction of sp³-hybridized carbons (Fsp3) is 0.500. The summed E-state index contributed by atoms with van der Waals surface area (Å²) < 4.78 is 57.7. The maximum Gasteiger partial charge on any atom is 0.406 e. The van der Waals surface area contributed by atoms with Gasteiger partial charge in [-0.25, -0.2) is 5.43 Å². The second-order valence-electron chi connectivity index (χ2n) is 20.0. The zero-order valence-corrected chi connectivity index (χ0v) is 39.9. The second-order valence-corrected chi connectivity index (χ2v) is 20.0. The molecule has 368 valence electrons. The molecular formula is C52H62F3N7O7. The van der Waals surface area contributed by atoms with Gasteiger partial charge in [0.05, 0.1) is 23.9 Å². The summed E-state index contributed by atoms with van der Waals surface area (Å²) in [4.78, 5) is 77.0. The van der Waals surface area contributed by atoms with E-state index in [1.165, 1.54) is 20.6 Å². The van der Waals surface area contributed by atoms with Gasteiger partial charge >= 0.3 is 12.1 Å². The zero-order valence-electron chi connectivity index (χ0n) is 39.9. The van der Waals surface area contributed by atoms with Crippen molar-refractivity contribution in [2.45, 2.75) is 110 Å². The highest BCUT2D eigenvalue weighted by molar-refractivity contribution is 5.96. The van der Waals surface area contributed by atoms with Crippen molar-refractivity contribution in [1.82, 2.24) is 35.1 Å². The number of aromatic nitrogens is 2. The number of pyridine rings is 1. The summed E-state index contributed by atoms with van der Waals surface area (Å²) in [6, 6.07) is 13.4. The van der Waals surface area contributed by atoms with Gasteiger partial charge in [0.2, 0.25) is 17.7 Å². The van der Waals surface area contributed by atoms with Gasteiger partial charge in [0.25, 0.3) is 5.91 Å². The van der Waals surface area contributed by atoms with E-state index in [4.69, 9.17) is 14.5 Å². The van der Waals surface area contributed by atoms with E-state index in [1.54, 1.807) is 42.4 Å². The molecule has 2 N–H and O–H groups in total. The van der Waals surface area contributed by atoms with Crippen LogP contribution in [0.15, 0.2) is 73.4 Å². The quantitative estimate of drug-likeness (QED) is 0.134. The maximum atomic E-state index is 14.8. The largest absolute Gasteiger partial charge is 0.464 e. The van der Waals surface area contributed by atoms with Crippen molar-refractivity contribution in [3.05, 3.63) is 90.3 Å². The molecule has 14 nitrogen and oxygen atoms in total. The van der Waals surface area contributed by atoms with Gasteiger partial charge in [-0.05, 0) is 97.0 Å². The highest BCUT2D eigenvalue weighted by Gasteiger charge is 2.41. The maximum absolute atomic E-state index is 14.8. The normalized spacial score (nSPS) is 22.6. The Labute approximate surface area is 400 Å². The fourth-order valence-corrected chi connectivity index (χ4v) is 10.5.